The summed E-state index contributed by atoms with van der Waals surface area (Å²) in [7, 11) is 0. The fourth-order valence-corrected chi connectivity index (χ4v) is 1.52. The molecule has 1 rings (SSSR count). The molecule has 0 fully saturated rings. The van der Waals surface area contributed by atoms with Crippen molar-refractivity contribution in [1.82, 2.24) is 0 Å². The highest BCUT2D eigenvalue weighted by molar-refractivity contribution is 9.10. The standard InChI is InChI=1S/C11H8BrNO3/c1-2-7-16-11-4-3-9(8-10(11)12)5-6-13(14)15/h1,3-6,8H,7H2. The summed E-state index contributed by atoms with van der Waals surface area (Å²) in [6.07, 6.45) is 7.34. The number of benzene rings is 1. The molecule has 0 heterocycles. The van der Waals surface area contributed by atoms with E-state index in [-0.39, 0.29) is 6.61 Å². The molecule has 0 radical (unpaired) electrons. The summed E-state index contributed by atoms with van der Waals surface area (Å²) in [5.41, 5.74) is 0.705. The highest BCUT2D eigenvalue weighted by Crippen LogP contribution is 2.26. The molecular weight excluding hydrogens is 274 g/mol. The van der Waals surface area contributed by atoms with Crippen molar-refractivity contribution < 1.29 is 9.66 Å². The van der Waals surface area contributed by atoms with E-state index in [2.05, 4.69) is 21.9 Å². The summed E-state index contributed by atoms with van der Waals surface area (Å²) in [6, 6.07) is 5.11. The Kier molecular flexibility index (Phi) is 4.55. The Balaban J connectivity index is 2.83. The number of nitrogens with zero attached hydrogens (tertiary/aromatic N) is 1. The Hall–Kier alpha value is -1.80. The number of ether oxygens (including phenoxy) is 1. The van der Waals surface area contributed by atoms with Crippen LogP contribution in [0.5, 0.6) is 5.75 Å². The van der Waals surface area contributed by atoms with E-state index in [0.717, 1.165) is 6.20 Å². The molecule has 0 unspecified atom stereocenters. The van der Waals surface area contributed by atoms with Gasteiger partial charge in [0.15, 0.2) is 0 Å². The van der Waals surface area contributed by atoms with E-state index in [1.807, 2.05) is 0 Å². The van der Waals surface area contributed by atoms with Crippen molar-refractivity contribution in [2.45, 2.75) is 0 Å². The maximum atomic E-state index is 10.1. The minimum atomic E-state index is -0.517. The van der Waals surface area contributed by atoms with Gasteiger partial charge in [-0.3, -0.25) is 10.1 Å². The molecule has 0 aromatic heterocycles. The van der Waals surface area contributed by atoms with Gasteiger partial charge >= 0.3 is 0 Å². The molecule has 82 valence electrons. The van der Waals surface area contributed by atoms with Crippen molar-refractivity contribution >= 4 is 22.0 Å². The van der Waals surface area contributed by atoms with Gasteiger partial charge in [-0.1, -0.05) is 12.0 Å². The first-order valence-corrected chi connectivity index (χ1v) is 5.10. The molecule has 0 saturated heterocycles. The largest absolute Gasteiger partial charge is 0.480 e. The van der Waals surface area contributed by atoms with Crippen LogP contribution in [0.4, 0.5) is 0 Å². The predicted octanol–water partition coefficient (Wildman–Crippen LogP) is 2.71. The molecule has 0 spiro atoms. The molecule has 0 amide bonds. The lowest BCUT2D eigenvalue weighted by Gasteiger charge is -2.05. The van der Waals surface area contributed by atoms with E-state index >= 15 is 0 Å². The van der Waals surface area contributed by atoms with Crippen molar-refractivity contribution in [3.63, 3.8) is 0 Å². The second kappa shape index (κ2) is 5.93. The number of terminal acetylenes is 1. The first-order valence-electron chi connectivity index (χ1n) is 4.31. The number of hydrogen-bond acceptors (Lipinski definition) is 3. The average Bonchev–Trinajstić information content (AvgIpc) is 2.25. The van der Waals surface area contributed by atoms with Gasteiger partial charge in [0, 0.05) is 6.08 Å². The van der Waals surface area contributed by atoms with Gasteiger partial charge in [0.1, 0.15) is 12.4 Å². The third kappa shape index (κ3) is 3.75. The number of rotatable bonds is 4. The van der Waals surface area contributed by atoms with Crippen LogP contribution in [0, 0.1) is 22.5 Å². The molecule has 0 bridgehead atoms. The van der Waals surface area contributed by atoms with Gasteiger partial charge in [-0.05, 0) is 33.6 Å². The van der Waals surface area contributed by atoms with Gasteiger partial charge < -0.3 is 4.74 Å². The average molecular weight is 282 g/mol. The fourth-order valence-electron chi connectivity index (χ4n) is 1.00. The van der Waals surface area contributed by atoms with Crippen LogP contribution < -0.4 is 4.74 Å². The van der Waals surface area contributed by atoms with E-state index in [1.54, 1.807) is 18.2 Å². The van der Waals surface area contributed by atoms with Crippen molar-refractivity contribution in [3.05, 3.63) is 44.5 Å². The molecule has 4 nitrogen and oxygen atoms in total. The van der Waals surface area contributed by atoms with Gasteiger partial charge in [-0.15, -0.1) is 6.42 Å². The van der Waals surface area contributed by atoms with Gasteiger partial charge in [-0.2, -0.15) is 0 Å². The van der Waals surface area contributed by atoms with E-state index in [1.165, 1.54) is 6.08 Å². The molecule has 16 heavy (non-hydrogen) atoms. The molecule has 0 aliphatic rings. The van der Waals surface area contributed by atoms with Crippen molar-refractivity contribution in [3.8, 4) is 18.1 Å². The number of nitro groups is 1. The zero-order valence-corrected chi connectivity index (χ0v) is 9.81. The van der Waals surface area contributed by atoms with Crippen LogP contribution >= 0.6 is 15.9 Å². The van der Waals surface area contributed by atoms with E-state index in [0.29, 0.717) is 15.8 Å². The highest BCUT2D eigenvalue weighted by Gasteiger charge is 2.01. The van der Waals surface area contributed by atoms with Gasteiger partial charge in [0.25, 0.3) is 0 Å². The van der Waals surface area contributed by atoms with Crippen LogP contribution in [-0.4, -0.2) is 11.5 Å². The van der Waals surface area contributed by atoms with E-state index in [9.17, 15) is 10.1 Å². The van der Waals surface area contributed by atoms with Crippen LogP contribution in [0.3, 0.4) is 0 Å². The topological polar surface area (TPSA) is 52.4 Å². The summed E-state index contributed by atoms with van der Waals surface area (Å²) in [5.74, 6) is 2.96. The molecule has 0 aliphatic carbocycles. The SMILES string of the molecule is C#CCOc1ccc(C=C[N+](=O)[O-])cc1Br. The van der Waals surface area contributed by atoms with E-state index < -0.39 is 4.92 Å². The third-order valence-electron chi connectivity index (χ3n) is 1.66. The quantitative estimate of drug-likeness (QED) is 0.484. The van der Waals surface area contributed by atoms with Gasteiger partial charge in [0.05, 0.1) is 9.40 Å². The second-order valence-electron chi connectivity index (χ2n) is 2.78. The Morgan fingerprint density at radius 1 is 1.62 bits per heavy atom. The molecule has 1 aromatic rings. The highest BCUT2D eigenvalue weighted by atomic mass is 79.9. The number of hydrogen-bond donors (Lipinski definition) is 0. The van der Waals surface area contributed by atoms with Crippen LogP contribution in [0.2, 0.25) is 0 Å². The lowest BCUT2D eigenvalue weighted by atomic mass is 10.2. The minimum absolute atomic E-state index is 0.183. The molecule has 5 heteroatoms. The maximum absolute atomic E-state index is 10.1. The number of halogens is 1. The van der Waals surface area contributed by atoms with Gasteiger partial charge in [0.2, 0.25) is 6.20 Å². The third-order valence-corrected chi connectivity index (χ3v) is 2.28. The summed E-state index contributed by atoms with van der Waals surface area (Å²) < 4.78 is 5.93. The minimum Gasteiger partial charge on any atom is -0.480 e. The first kappa shape index (κ1) is 12.3. The predicted molar refractivity (Wildman–Crippen MR) is 64.5 cm³/mol. The molecule has 1 aromatic carbocycles. The smallest absolute Gasteiger partial charge is 0.235 e. The van der Waals surface area contributed by atoms with Crippen molar-refractivity contribution in [2.24, 2.45) is 0 Å². The Morgan fingerprint density at radius 3 is 2.94 bits per heavy atom. The van der Waals surface area contributed by atoms with Crippen LogP contribution in [-0.2, 0) is 0 Å². The molecular formula is C11H8BrNO3. The van der Waals surface area contributed by atoms with Crippen LogP contribution in [0.25, 0.3) is 6.08 Å². The lowest BCUT2D eigenvalue weighted by Crippen LogP contribution is -1.94. The summed E-state index contributed by atoms with van der Waals surface area (Å²) >= 11 is 3.29. The maximum Gasteiger partial charge on any atom is 0.235 e. The van der Waals surface area contributed by atoms with Crippen molar-refractivity contribution in [2.75, 3.05) is 6.61 Å². The second-order valence-corrected chi connectivity index (χ2v) is 3.64. The van der Waals surface area contributed by atoms with Gasteiger partial charge in [-0.25, -0.2) is 0 Å². The Morgan fingerprint density at radius 2 is 2.38 bits per heavy atom. The molecule has 0 aliphatic heterocycles. The molecule has 0 atom stereocenters. The summed E-state index contributed by atoms with van der Waals surface area (Å²) in [5, 5.41) is 10.1. The lowest BCUT2D eigenvalue weighted by molar-refractivity contribution is -0.400. The first-order chi connectivity index (χ1) is 7.63. The van der Waals surface area contributed by atoms with Crippen molar-refractivity contribution in [1.29, 1.82) is 0 Å². The Labute approximate surface area is 101 Å². The Bertz CT molecular complexity index is 463. The monoisotopic (exact) mass is 281 g/mol. The fraction of sp³-hybridized carbons (Fsp3) is 0.0909. The normalized spacial score (nSPS) is 10.0. The molecule has 0 saturated carbocycles. The summed E-state index contributed by atoms with van der Waals surface area (Å²) in [6.45, 7) is 0.183. The van der Waals surface area contributed by atoms with Crippen LogP contribution in [0.15, 0.2) is 28.9 Å². The van der Waals surface area contributed by atoms with E-state index in [4.69, 9.17) is 11.2 Å². The summed E-state index contributed by atoms with van der Waals surface area (Å²) in [4.78, 5) is 9.61. The zero-order chi connectivity index (χ0) is 12.0. The molecule has 0 N–H and O–H groups in total. The zero-order valence-electron chi connectivity index (χ0n) is 8.22. The van der Waals surface area contributed by atoms with Crippen LogP contribution in [0.1, 0.15) is 5.56 Å².